The van der Waals surface area contributed by atoms with Gasteiger partial charge in [-0.25, -0.2) is 4.98 Å². The van der Waals surface area contributed by atoms with Crippen molar-refractivity contribution < 1.29 is 4.79 Å². The van der Waals surface area contributed by atoms with Crippen molar-refractivity contribution in [1.82, 2.24) is 14.9 Å². The summed E-state index contributed by atoms with van der Waals surface area (Å²) in [6.07, 6.45) is 0. The molecule has 1 aromatic heterocycles. The van der Waals surface area contributed by atoms with Crippen LogP contribution in [0.25, 0.3) is 11.0 Å². The molecule has 0 fully saturated rings. The van der Waals surface area contributed by atoms with Gasteiger partial charge in [-0.05, 0) is 32.0 Å². The molecule has 1 unspecified atom stereocenters. The van der Waals surface area contributed by atoms with E-state index in [1.54, 1.807) is 29.7 Å². The Balaban J connectivity index is 2.56. The standard InChI is InChI=1S/C13H15N5O/c1-3-16-12(19)8(2)18-11-6-9(7-14)4-5-10(11)17-13(18)15/h4-6,8H,3H2,1-2H3,(H2,15,17)(H,16,19). The van der Waals surface area contributed by atoms with Gasteiger partial charge in [0.25, 0.3) is 0 Å². The Labute approximate surface area is 110 Å². The molecule has 0 aliphatic carbocycles. The fourth-order valence-electron chi connectivity index (χ4n) is 2.03. The van der Waals surface area contributed by atoms with Gasteiger partial charge >= 0.3 is 0 Å². The fraction of sp³-hybridized carbons (Fsp3) is 0.308. The van der Waals surface area contributed by atoms with Crippen LogP contribution in [-0.2, 0) is 4.79 Å². The van der Waals surface area contributed by atoms with Crippen LogP contribution >= 0.6 is 0 Å². The molecule has 6 heteroatoms. The molecular weight excluding hydrogens is 242 g/mol. The van der Waals surface area contributed by atoms with Gasteiger partial charge in [0.2, 0.25) is 11.9 Å². The first-order valence-electron chi connectivity index (χ1n) is 6.03. The quantitative estimate of drug-likeness (QED) is 0.863. The number of nitrogens with zero attached hydrogens (tertiary/aromatic N) is 3. The Morgan fingerprint density at radius 1 is 1.63 bits per heavy atom. The molecule has 0 saturated heterocycles. The number of nitrogen functional groups attached to an aromatic ring is 1. The summed E-state index contributed by atoms with van der Waals surface area (Å²) in [5, 5.41) is 11.7. The second-order valence-electron chi connectivity index (χ2n) is 4.23. The van der Waals surface area contributed by atoms with Gasteiger partial charge in [-0.15, -0.1) is 0 Å². The minimum Gasteiger partial charge on any atom is -0.369 e. The number of amides is 1. The average molecular weight is 257 g/mol. The van der Waals surface area contributed by atoms with Crippen LogP contribution in [0.4, 0.5) is 5.95 Å². The number of nitrogens with one attached hydrogen (secondary N) is 1. The van der Waals surface area contributed by atoms with Gasteiger partial charge in [-0.3, -0.25) is 9.36 Å². The molecule has 3 N–H and O–H groups in total. The van der Waals surface area contributed by atoms with E-state index in [2.05, 4.69) is 16.4 Å². The molecule has 0 radical (unpaired) electrons. The first kappa shape index (κ1) is 12.9. The van der Waals surface area contributed by atoms with Crippen molar-refractivity contribution in [2.75, 3.05) is 12.3 Å². The maximum absolute atomic E-state index is 11.9. The Morgan fingerprint density at radius 2 is 2.37 bits per heavy atom. The number of carbonyl (C=O) groups is 1. The van der Waals surface area contributed by atoms with E-state index < -0.39 is 6.04 Å². The zero-order chi connectivity index (χ0) is 14.0. The maximum atomic E-state index is 11.9. The Morgan fingerprint density at radius 3 is 3.00 bits per heavy atom. The predicted molar refractivity (Wildman–Crippen MR) is 72.3 cm³/mol. The molecule has 19 heavy (non-hydrogen) atoms. The lowest BCUT2D eigenvalue weighted by atomic mass is 10.2. The Bertz CT molecular complexity index is 667. The van der Waals surface area contributed by atoms with Crippen molar-refractivity contribution in [2.24, 2.45) is 0 Å². The summed E-state index contributed by atoms with van der Waals surface area (Å²) in [7, 11) is 0. The van der Waals surface area contributed by atoms with Gasteiger partial charge in [0, 0.05) is 6.54 Å². The number of anilines is 1. The van der Waals surface area contributed by atoms with Gasteiger partial charge < -0.3 is 11.1 Å². The largest absolute Gasteiger partial charge is 0.369 e. The Kier molecular flexibility index (Phi) is 3.38. The van der Waals surface area contributed by atoms with E-state index in [1.165, 1.54) is 0 Å². The molecule has 0 aliphatic heterocycles. The third kappa shape index (κ3) is 2.22. The lowest BCUT2D eigenvalue weighted by Crippen LogP contribution is -2.31. The molecule has 0 aliphatic rings. The number of hydrogen-bond acceptors (Lipinski definition) is 4. The lowest BCUT2D eigenvalue weighted by Gasteiger charge is -2.15. The highest BCUT2D eigenvalue weighted by molar-refractivity contribution is 5.86. The zero-order valence-corrected chi connectivity index (χ0v) is 10.8. The van der Waals surface area contributed by atoms with Gasteiger partial charge in [0.15, 0.2) is 0 Å². The minimum atomic E-state index is -0.473. The highest BCUT2D eigenvalue weighted by atomic mass is 16.2. The summed E-state index contributed by atoms with van der Waals surface area (Å²) >= 11 is 0. The van der Waals surface area contributed by atoms with Crippen LogP contribution < -0.4 is 11.1 Å². The zero-order valence-electron chi connectivity index (χ0n) is 10.8. The molecule has 0 spiro atoms. The number of rotatable bonds is 3. The number of hydrogen-bond donors (Lipinski definition) is 2. The van der Waals surface area contributed by atoms with Crippen LogP contribution in [0.5, 0.6) is 0 Å². The average Bonchev–Trinajstić information content (AvgIpc) is 2.72. The highest BCUT2D eigenvalue weighted by Gasteiger charge is 2.19. The molecule has 1 atom stereocenters. The number of nitrogens with two attached hydrogens (primary N) is 1. The first-order valence-corrected chi connectivity index (χ1v) is 6.03. The highest BCUT2D eigenvalue weighted by Crippen LogP contribution is 2.23. The fourth-order valence-corrected chi connectivity index (χ4v) is 2.03. The van der Waals surface area contributed by atoms with Crippen LogP contribution in [0.3, 0.4) is 0 Å². The van der Waals surface area contributed by atoms with Crippen molar-refractivity contribution in [3.63, 3.8) is 0 Å². The molecule has 0 bridgehead atoms. The van der Waals surface area contributed by atoms with E-state index in [0.717, 1.165) is 0 Å². The second-order valence-corrected chi connectivity index (χ2v) is 4.23. The molecule has 1 amide bonds. The number of likely N-dealkylation sites (N-methyl/N-ethyl adjacent to an activating group) is 1. The molecule has 2 aromatic rings. The van der Waals surface area contributed by atoms with Crippen LogP contribution in [0.15, 0.2) is 18.2 Å². The third-order valence-corrected chi connectivity index (χ3v) is 2.96. The molecule has 6 nitrogen and oxygen atoms in total. The topological polar surface area (TPSA) is 96.7 Å². The predicted octanol–water partition coefficient (Wildman–Crippen LogP) is 1.19. The van der Waals surface area contributed by atoms with E-state index in [0.29, 0.717) is 23.1 Å². The summed E-state index contributed by atoms with van der Waals surface area (Å²) in [5.41, 5.74) is 7.74. The van der Waals surface area contributed by atoms with Gasteiger partial charge in [0.05, 0.1) is 22.7 Å². The number of carbonyl (C=O) groups excluding carboxylic acids is 1. The van der Waals surface area contributed by atoms with Crippen LogP contribution in [0.1, 0.15) is 25.5 Å². The number of benzene rings is 1. The van der Waals surface area contributed by atoms with Crippen molar-refractivity contribution in [2.45, 2.75) is 19.9 Å². The van der Waals surface area contributed by atoms with Gasteiger partial charge in [-0.1, -0.05) is 0 Å². The molecule has 2 rings (SSSR count). The van der Waals surface area contributed by atoms with Crippen molar-refractivity contribution in [1.29, 1.82) is 5.26 Å². The number of nitriles is 1. The van der Waals surface area contributed by atoms with E-state index in [1.807, 2.05) is 6.92 Å². The van der Waals surface area contributed by atoms with Crippen molar-refractivity contribution in [3.8, 4) is 6.07 Å². The minimum absolute atomic E-state index is 0.129. The second kappa shape index (κ2) is 4.98. The summed E-state index contributed by atoms with van der Waals surface area (Å²) in [5.74, 6) is 0.139. The van der Waals surface area contributed by atoms with Crippen molar-refractivity contribution in [3.05, 3.63) is 23.8 Å². The Hall–Kier alpha value is -2.55. The molecule has 1 heterocycles. The summed E-state index contributed by atoms with van der Waals surface area (Å²) < 4.78 is 1.64. The summed E-state index contributed by atoms with van der Waals surface area (Å²) in [6.45, 7) is 4.16. The summed E-state index contributed by atoms with van der Waals surface area (Å²) in [4.78, 5) is 16.1. The van der Waals surface area contributed by atoms with Gasteiger partial charge in [-0.2, -0.15) is 5.26 Å². The van der Waals surface area contributed by atoms with E-state index in [-0.39, 0.29) is 11.9 Å². The number of aromatic nitrogens is 2. The van der Waals surface area contributed by atoms with Crippen LogP contribution in [0.2, 0.25) is 0 Å². The van der Waals surface area contributed by atoms with E-state index >= 15 is 0 Å². The SMILES string of the molecule is CCNC(=O)C(C)n1c(N)nc2ccc(C#N)cc21. The van der Waals surface area contributed by atoms with Crippen LogP contribution in [0, 0.1) is 11.3 Å². The number of fused-ring (bicyclic) bond motifs is 1. The monoisotopic (exact) mass is 257 g/mol. The number of imidazole rings is 1. The summed E-state index contributed by atoms with van der Waals surface area (Å²) in [6, 6.07) is 6.69. The van der Waals surface area contributed by atoms with E-state index in [9.17, 15) is 4.79 Å². The lowest BCUT2D eigenvalue weighted by molar-refractivity contribution is -0.123. The van der Waals surface area contributed by atoms with E-state index in [4.69, 9.17) is 11.0 Å². The molecular formula is C13H15N5O. The first-order chi connectivity index (χ1) is 9.08. The maximum Gasteiger partial charge on any atom is 0.242 e. The van der Waals surface area contributed by atoms with Gasteiger partial charge in [0.1, 0.15) is 6.04 Å². The molecule has 0 saturated carbocycles. The van der Waals surface area contributed by atoms with Crippen LogP contribution in [-0.4, -0.2) is 22.0 Å². The van der Waals surface area contributed by atoms with Crippen molar-refractivity contribution >= 4 is 22.9 Å². The normalized spacial score (nSPS) is 12.1. The smallest absolute Gasteiger partial charge is 0.242 e. The molecule has 1 aromatic carbocycles. The third-order valence-electron chi connectivity index (χ3n) is 2.96. The molecule has 98 valence electrons.